The van der Waals surface area contributed by atoms with Crippen LogP contribution in [-0.4, -0.2) is 70.1 Å². The topological polar surface area (TPSA) is 115 Å². The molecule has 1 aliphatic rings. The third-order valence-corrected chi connectivity index (χ3v) is 10.9. The molecule has 1 aliphatic heterocycles. The van der Waals surface area contributed by atoms with E-state index in [4.69, 9.17) is 15.2 Å². The molecule has 1 saturated heterocycles. The van der Waals surface area contributed by atoms with Gasteiger partial charge in [0.15, 0.2) is 0 Å². The Hall–Kier alpha value is -2.90. The Bertz CT molecular complexity index is 1570. The van der Waals surface area contributed by atoms with E-state index in [0.717, 1.165) is 42.0 Å². The van der Waals surface area contributed by atoms with Crippen LogP contribution in [0.2, 0.25) is 0 Å². The molecule has 0 aliphatic carbocycles. The van der Waals surface area contributed by atoms with E-state index in [2.05, 4.69) is 34.1 Å². The highest BCUT2D eigenvalue weighted by atomic mass is 32.2. The molecule has 0 bridgehead atoms. The van der Waals surface area contributed by atoms with Gasteiger partial charge in [-0.1, -0.05) is 18.2 Å². The number of thiophene rings is 1. The van der Waals surface area contributed by atoms with Gasteiger partial charge in [0.2, 0.25) is 9.84 Å². The number of nitrogens with two attached hydrogens (primary N) is 1. The third-order valence-electron chi connectivity index (χ3n) is 6.59. The van der Waals surface area contributed by atoms with Crippen LogP contribution in [-0.2, 0) is 19.3 Å². The van der Waals surface area contributed by atoms with Crippen LogP contribution in [0, 0.1) is 6.92 Å². The lowest BCUT2D eigenvalue weighted by Crippen LogP contribution is -2.49. The van der Waals surface area contributed by atoms with E-state index in [9.17, 15) is 13.2 Å². The van der Waals surface area contributed by atoms with E-state index < -0.39 is 21.5 Å². The number of nitrogens with zero attached hydrogens (tertiary/aromatic N) is 3. The fourth-order valence-electron chi connectivity index (χ4n) is 4.68. The number of rotatable bonds is 8. The van der Waals surface area contributed by atoms with Gasteiger partial charge in [-0.25, -0.2) is 18.2 Å². The Kier molecular flexibility index (Phi) is 10.0. The maximum atomic E-state index is 13.9. The molecular formula is C30H38N4O5S3. The van der Waals surface area contributed by atoms with Gasteiger partial charge in [0.05, 0.1) is 37.8 Å². The van der Waals surface area contributed by atoms with Crippen LogP contribution in [0.4, 0.5) is 10.5 Å². The number of amides is 1. The molecule has 0 saturated carbocycles. The third kappa shape index (κ3) is 7.35. The summed E-state index contributed by atoms with van der Waals surface area (Å²) in [5.74, 6) is -0.0892. The van der Waals surface area contributed by atoms with Crippen molar-refractivity contribution in [2.75, 3.05) is 44.1 Å². The number of hydrogen-bond donors (Lipinski definition) is 1. The number of aliphatic imine (C=N–C) groups is 1. The molecule has 0 spiro atoms. The van der Waals surface area contributed by atoms with Gasteiger partial charge in [-0.3, -0.25) is 0 Å². The fraction of sp³-hybridized carbons (Fsp3) is 0.400. The minimum atomic E-state index is -3.90. The lowest BCUT2D eigenvalue weighted by atomic mass is 10.00. The van der Waals surface area contributed by atoms with Crippen LogP contribution in [0.25, 0.3) is 11.1 Å². The van der Waals surface area contributed by atoms with Gasteiger partial charge in [-0.15, -0.1) is 23.1 Å². The van der Waals surface area contributed by atoms with Crippen molar-refractivity contribution >= 4 is 50.6 Å². The molecule has 1 fully saturated rings. The molecule has 3 aromatic rings. The Labute approximate surface area is 256 Å². The van der Waals surface area contributed by atoms with Crippen LogP contribution < -0.4 is 10.7 Å². The standard InChI is InChI=1S/C30H38N4O5S3/c1-7-34(33-13-15-38-16-14-33)22-11-12-24(20(2)17-22)21-9-8-10-23(18-21)42(36,37)26-19-25(41-28(26)40-6)27(31)32-29(35)39-30(3,4)5/h8-12,17-19H,7,13-16H2,1-6H3,(H2,31,32,35). The van der Waals surface area contributed by atoms with Crippen molar-refractivity contribution in [1.29, 1.82) is 0 Å². The van der Waals surface area contributed by atoms with E-state index >= 15 is 0 Å². The normalized spacial score (nSPS) is 15.0. The minimum Gasteiger partial charge on any atom is -0.442 e. The Morgan fingerprint density at radius 2 is 1.88 bits per heavy atom. The van der Waals surface area contributed by atoms with E-state index in [0.29, 0.717) is 22.3 Å². The minimum absolute atomic E-state index is 0.0892. The lowest BCUT2D eigenvalue weighted by Gasteiger charge is -2.38. The maximum absolute atomic E-state index is 13.9. The molecule has 2 aromatic carbocycles. The second-order valence-electron chi connectivity index (χ2n) is 10.8. The van der Waals surface area contributed by atoms with Crippen molar-refractivity contribution < 1.29 is 22.7 Å². The van der Waals surface area contributed by atoms with E-state index in [1.54, 1.807) is 45.2 Å². The second-order valence-corrected chi connectivity index (χ2v) is 14.8. The Morgan fingerprint density at radius 1 is 1.17 bits per heavy atom. The molecule has 0 atom stereocenters. The molecule has 12 heteroatoms. The summed E-state index contributed by atoms with van der Waals surface area (Å²) < 4.78 is 39.1. The average molecular weight is 631 g/mol. The second kappa shape index (κ2) is 13.2. The molecule has 2 N–H and O–H groups in total. The van der Waals surface area contributed by atoms with Gasteiger partial charge >= 0.3 is 6.09 Å². The van der Waals surface area contributed by atoms with Crippen molar-refractivity contribution in [2.45, 2.75) is 54.2 Å². The fourth-order valence-corrected chi connectivity index (χ4v) is 8.63. The number of benzene rings is 2. The van der Waals surface area contributed by atoms with Crippen molar-refractivity contribution in [2.24, 2.45) is 10.7 Å². The summed E-state index contributed by atoms with van der Waals surface area (Å²) >= 11 is 2.48. The number of sulfone groups is 1. The summed E-state index contributed by atoms with van der Waals surface area (Å²) in [6, 6.07) is 14.7. The molecule has 0 radical (unpaired) electrons. The molecule has 226 valence electrons. The van der Waals surface area contributed by atoms with Crippen LogP contribution in [0.5, 0.6) is 0 Å². The summed E-state index contributed by atoms with van der Waals surface area (Å²) in [7, 11) is -3.90. The molecule has 1 aromatic heterocycles. The van der Waals surface area contributed by atoms with Crippen molar-refractivity contribution in [1.82, 2.24) is 5.01 Å². The van der Waals surface area contributed by atoms with Crippen LogP contribution in [0.15, 0.2) is 67.5 Å². The first kappa shape index (κ1) is 32.0. The van der Waals surface area contributed by atoms with Crippen molar-refractivity contribution in [3.63, 3.8) is 0 Å². The monoisotopic (exact) mass is 630 g/mol. The number of hydrazine groups is 1. The molecule has 0 unspecified atom stereocenters. The van der Waals surface area contributed by atoms with Gasteiger partial charge in [0, 0.05) is 19.6 Å². The van der Waals surface area contributed by atoms with E-state index in [1.165, 1.54) is 29.2 Å². The predicted molar refractivity (Wildman–Crippen MR) is 171 cm³/mol. The SMILES string of the molecule is CCN(c1ccc(-c2cccc(S(=O)(=O)c3cc(C(N)=NC(=O)OC(C)(C)C)sc3SC)c2)c(C)c1)N1CCOCC1. The zero-order valence-electron chi connectivity index (χ0n) is 24.8. The first-order valence-corrected chi connectivity index (χ1v) is 17.2. The first-order valence-electron chi connectivity index (χ1n) is 13.7. The van der Waals surface area contributed by atoms with E-state index in [1.807, 2.05) is 19.1 Å². The Balaban J connectivity index is 1.64. The first-order chi connectivity index (χ1) is 19.8. The number of ether oxygens (including phenoxy) is 2. The highest BCUT2D eigenvalue weighted by Crippen LogP contribution is 2.38. The van der Waals surface area contributed by atoms with Crippen LogP contribution in [0.3, 0.4) is 0 Å². The summed E-state index contributed by atoms with van der Waals surface area (Å²) in [5.41, 5.74) is 9.26. The smallest absolute Gasteiger partial charge is 0.436 e. The van der Waals surface area contributed by atoms with E-state index in [-0.39, 0.29) is 15.6 Å². The summed E-state index contributed by atoms with van der Waals surface area (Å²) in [5, 5.41) is 4.56. The lowest BCUT2D eigenvalue weighted by molar-refractivity contribution is 0.0322. The summed E-state index contributed by atoms with van der Waals surface area (Å²) in [6.07, 6.45) is 0.970. The van der Waals surface area contributed by atoms with Crippen molar-refractivity contribution in [3.05, 3.63) is 59.0 Å². The largest absolute Gasteiger partial charge is 0.442 e. The van der Waals surface area contributed by atoms with Crippen LogP contribution in [0.1, 0.15) is 38.1 Å². The summed E-state index contributed by atoms with van der Waals surface area (Å²) in [4.78, 5) is 16.7. The Morgan fingerprint density at radius 3 is 2.50 bits per heavy atom. The summed E-state index contributed by atoms with van der Waals surface area (Å²) in [6.45, 7) is 13.3. The molecule has 9 nitrogen and oxygen atoms in total. The molecule has 1 amide bonds. The highest BCUT2D eigenvalue weighted by molar-refractivity contribution is 8.01. The number of amidine groups is 1. The average Bonchev–Trinajstić information content (AvgIpc) is 3.39. The number of carbonyl (C=O) groups is 1. The number of morpholine rings is 1. The zero-order chi connectivity index (χ0) is 30.7. The highest BCUT2D eigenvalue weighted by Gasteiger charge is 2.26. The van der Waals surface area contributed by atoms with Crippen molar-refractivity contribution in [3.8, 4) is 11.1 Å². The molecule has 2 heterocycles. The number of anilines is 1. The number of hydrogen-bond acceptors (Lipinski definition) is 9. The van der Waals surface area contributed by atoms with Gasteiger partial charge < -0.3 is 20.2 Å². The van der Waals surface area contributed by atoms with Gasteiger partial charge in [0.25, 0.3) is 0 Å². The number of thioether (sulfide) groups is 1. The molecule has 4 rings (SSSR count). The quantitative estimate of drug-likeness (QED) is 0.182. The number of carbonyl (C=O) groups excluding carboxylic acids is 1. The maximum Gasteiger partial charge on any atom is 0.436 e. The zero-order valence-corrected chi connectivity index (χ0v) is 27.3. The van der Waals surface area contributed by atoms with Gasteiger partial charge in [0.1, 0.15) is 11.4 Å². The number of aryl methyl sites for hydroxylation is 1. The van der Waals surface area contributed by atoms with Crippen LogP contribution >= 0.6 is 23.1 Å². The predicted octanol–water partition coefficient (Wildman–Crippen LogP) is 5.99. The van der Waals surface area contributed by atoms with Gasteiger partial charge in [-0.2, -0.15) is 4.99 Å². The molecular weight excluding hydrogens is 593 g/mol. The molecule has 42 heavy (non-hydrogen) atoms. The van der Waals surface area contributed by atoms with Gasteiger partial charge in [-0.05, 0) is 87.9 Å².